The molecule has 134 valence electrons. The summed E-state index contributed by atoms with van der Waals surface area (Å²) in [6.45, 7) is 3.96. The van der Waals surface area contributed by atoms with Crippen molar-refractivity contribution in [2.75, 3.05) is 23.8 Å². The normalized spacial score (nSPS) is 10.5. The van der Waals surface area contributed by atoms with Crippen molar-refractivity contribution >= 4 is 45.1 Å². The zero-order valence-electron chi connectivity index (χ0n) is 14.7. The average Bonchev–Trinajstić information content (AvgIpc) is 2.62. The fourth-order valence-corrected chi connectivity index (χ4v) is 2.80. The molecule has 0 fully saturated rings. The number of carbonyl (C=O) groups is 2. The van der Waals surface area contributed by atoms with Gasteiger partial charge in [0, 0.05) is 5.39 Å². The van der Waals surface area contributed by atoms with E-state index in [-0.39, 0.29) is 13.2 Å². The Bertz CT molecular complexity index is 969. The van der Waals surface area contributed by atoms with E-state index in [1.807, 2.05) is 42.5 Å². The second kappa shape index (κ2) is 7.74. The maximum absolute atomic E-state index is 12.0. The quantitative estimate of drug-likeness (QED) is 0.638. The molecule has 0 unspecified atom stereocenters. The van der Waals surface area contributed by atoms with E-state index in [2.05, 4.69) is 10.6 Å². The minimum atomic E-state index is -0.584. The van der Waals surface area contributed by atoms with E-state index in [1.54, 1.807) is 19.9 Å². The van der Waals surface area contributed by atoms with Gasteiger partial charge in [-0.2, -0.15) is 0 Å². The van der Waals surface area contributed by atoms with E-state index in [1.165, 1.54) is 0 Å². The van der Waals surface area contributed by atoms with Crippen LogP contribution in [0.2, 0.25) is 0 Å². The Balaban J connectivity index is 2.13. The van der Waals surface area contributed by atoms with Gasteiger partial charge in [-0.1, -0.05) is 30.3 Å². The summed E-state index contributed by atoms with van der Waals surface area (Å²) in [5, 5.41) is 9.25. The molecule has 0 aliphatic heterocycles. The van der Waals surface area contributed by atoms with Crippen molar-refractivity contribution in [2.45, 2.75) is 13.8 Å². The fourth-order valence-electron chi connectivity index (χ4n) is 2.80. The molecule has 0 radical (unpaired) electrons. The topological polar surface area (TPSA) is 76.7 Å². The van der Waals surface area contributed by atoms with Crippen molar-refractivity contribution in [3.8, 4) is 0 Å². The Morgan fingerprint density at radius 1 is 0.808 bits per heavy atom. The number of hydrogen-bond donors (Lipinski definition) is 2. The zero-order chi connectivity index (χ0) is 18.5. The average molecular weight is 352 g/mol. The van der Waals surface area contributed by atoms with Crippen molar-refractivity contribution < 1.29 is 19.1 Å². The molecule has 3 aromatic carbocycles. The molecule has 0 aromatic heterocycles. The van der Waals surface area contributed by atoms with Gasteiger partial charge in [-0.05, 0) is 48.2 Å². The largest absolute Gasteiger partial charge is 0.450 e. The molecular weight excluding hydrogens is 332 g/mol. The highest BCUT2D eigenvalue weighted by Crippen LogP contribution is 2.34. The number of hydrogen-bond acceptors (Lipinski definition) is 4. The third-order valence-electron chi connectivity index (χ3n) is 3.90. The molecule has 26 heavy (non-hydrogen) atoms. The van der Waals surface area contributed by atoms with Crippen LogP contribution < -0.4 is 10.6 Å². The van der Waals surface area contributed by atoms with E-state index in [4.69, 9.17) is 9.47 Å². The van der Waals surface area contributed by atoms with Crippen LogP contribution in [0.5, 0.6) is 0 Å². The molecule has 3 rings (SSSR count). The minimum Gasteiger partial charge on any atom is -0.450 e. The van der Waals surface area contributed by atoms with Crippen molar-refractivity contribution in [1.82, 2.24) is 0 Å². The van der Waals surface area contributed by atoms with Crippen LogP contribution in [-0.4, -0.2) is 25.4 Å². The summed E-state index contributed by atoms with van der Waals surface area (Å²) in [6, 6.07) is 15.6. The number of ether oxygens (including phenoxy) is 2. The second-order valence-electron chi connectivity index (χ2n) is 5.60. The highest BCUT2D eigenvalue weighted by Gasteiger charge is 2.15. The molecule has 0 saturated heterocycles. The lowest BCUT2D eigenvalue weighted by Crippen LogP contribution is -2.18. The van der Waals surface area contributed by atoms with Crippen LogP contribution in [-0.2, 0) is 9.47 Å². The van der Waals surface area contributed by atoms with Crippen LogP contribution in [0.3, 0.4) is 0 Å². The lowest BCUT2D eigenvalue weighted by molar-refractivity contribution is 0.166. The molecule has 6 nitrogen and oxygen atoms in total. The molecule has 0 bridgehead atoms. The zero-order valence-corrected chi connectivity index (χ0v) is 14.7. The number of rotatable bonds is 4. The van der Waals surface area contributed by atoms with Crippen LogP contribution >= 0.6 is 0 Å². The number of fused-ring (bicyclic) bond motifs is 2. The lowest BCUT2D eigenvalue weighted by Gasteiger charge is -2.15. The summed E-state index contributed by atoms with van der Waals surface area (Å²) < 4.78 is 9.94. The number of benzene rings is 3. The SMILES string of the molecule is CCOC(=O)Nc1ccc2cc3ccccc3cc2c1NC(=O)OCC. The Morgan fingerprint density at radius 2 is 1.42 bits per heavy atom. The first-order valence-corrected chi connectivity index (χ1v) is 8.45. The van der Waals surface area contributed by atoms with Crippen LogP contribution in [0.4, 0.5) is 21.0 Å². The van der Waals surface area contributed by atoms with Crippen molar-refractivity contribution in [2.24, 2.45) is 0 Å². The van der Waals surface area contributed by atoms with Gasteiger partial charge in [0.05, 0.1) is 24.6 Å². The molecule has 0 saturated carbocycles. The summed E-state index contributed by atoms with van der Waals surface area (Å²) in [5.41, 5.74) is 0.916. The predicted octanol–water partition coefficient (Wildman–Crippen LogP) is 5.13. The van der Waals surface area contributed by atoms with E-state index >= 15 is 0 Å². The van der Waals surface area contributed by atoms with E-state index in [0.29, 0.717) is 11.4 Å². The third kappa shape index (κ3) is 3.69. The first-order valence-electron chi connectivity index (χ1n) is 8.45. The molecule has 0 spiro atoms. The first kappa shape index (κ1) is 17.5. The van der Waals surface area contributed by atoms with Gasteiger partial charge in [0.15, 0.2) is 0 Å². The molecule has 0 aliphatic carbocycles. The van der Waals surface area contributed by atoms with Crippen molar-refractivity contribution in [1.29, 1.82) is 0 Å². The monoisotopic (exact) mass is 352 g/mol. The summed E-state index contributed by atoms with van der Waals surface area (Å²) in [7, 11) is 0. The summed E-state index contributed by atoms with van der Waals surface area (Å²) in [4.78, 5) is 23.9. The third-order valence-corrected chi connectivity index (χ3v) is 3.90. The van der Waals surface area contributed by atoms with Gasteiger partial charge in [-0.25, -0.2) is 9.59 Å². The van der Waals surface area contributed by atoms with Crippen LogP contribution in [0.15, 0.2) is 48.5 Å². The standard InChI is InChI=1S/C20H20N2O4/c1-3-25-19(23)21-17-10-9-15-11-13-7-5-6-8-14(13)12-16(15)18(17)22-20(24)26-4-2/h5-12H,3-4H2,1-2H3,(H,21,23)(H,22,24). The van der Waals surface area contributed by atoms with E-state index in [9.17, 15) is 9.59 Å². The number of carbonyl (C=O) groups excluding carboxylic acids is 2. The summed E-state index contributed by atoms with van der Waals surface area (Å²) in [5.74, 6) is 0. The van der Waals surface area contributed by atoms with Gasteiger partial charge < -0.3 is 9.47 Å². The molecular formula is C20H20N2O4. The Morgan fingerprint density at radius 3 is 2.08 bits per heavy atom. The smallest absolute Gasteiger partial charge is 0.411 e. The van der Waals surface area contributed by atoms with Crippen molar-refractivity contribution in [3.63, 3.8) is 0 Å². The van der Waals surface area contributed by atoms with Gasteiger partial charge in [-0.3, -0.25) is 10.6 Å². The van der Waals surface area contributed by atoms with E-state index < -0.39 is 12.2 Å². The van der Waals surface area contributed by atoms with Crippen LogP contribution in [0, 0.1) is 0 Å². The molecule has 0 atom stereocenters. The van der Waals surface area contributed by atoms with Crippen LogP contribution in [0.1, 0.15) is 13.8 Å². The highest BCUT2D eigenvalue weighted by atomic mass is 16.6. The molecule has 0 heterocycles. The fraction of sp³-hybridized carbons (Fsp3) is 0.200. The Labute approximate surface area is 151 Å². The van der Waals surface area contributed by atoms with E-state index in [0.717, 1.165) is 21.5 Å². The Hall–Kier alpha value is -3.28. The second-order valence-corrected chi connectivity index (χ2v) is 5.60. The van der Waals surface area contributed by atoms with Gasteiger partial charge in [0.2, 0.25) is 0 Å². The highest BCUT2D eigenvalue weighted by molar-refractivity contribution is 6.11. The minimum absolute atomic E-state index is 0.250. The van der Waals surface area contributed by atoms with Gasteiger partial charge in [-0.15, -0.1) is 0 Å². The van der Waals surface area contributed by atoms with Gasteiger partial charge >= 0.3 is 12.2 Å². The lowest BCUT2D eigenvalue weighted by atomic mass is 10.0. The number of nitrogens with one attached hydrogen (secondary N) is 2. The number of amides is 2. The molecule has 3 aromatic rings. The van der Waals surface area contributed by atoms with Gasteiger partial charge in [0.25, 0.3) is 0 Å². The Kier molecular flexibility index (Phi) is 5.22. The molecule has 2 amide bonds. The number of anilines is 2. The van der Waals surface area contributed by atoms with Gasteiger partial charge in [0.1, 0.15) is 0 Å². The maximum Gasteiger partial charge on any atom is 0.411 e. The molecule has 6 heteroatoms. The maximum atomic E-state index is 12.0. The summed E-state index contributed by atoms with van der Waals surface area (Å²) in [6.07, 6.45) is -1.17. The summed E-state index contributed by atoms with van der Waals surface area (Å²) >= 11 is 0. The molecule has 0 aliphatic rings. The predicted molar refractivity (Wildman–Crippen MR) is 103 cm³/mol. The first-order chi connectivity index (χ1) is 12.6. The van der Waals surface area contributed by atoms with Crippen LogP contribution in [0.25, 0.3) is 21.5 Å². The molecule has 2 N–H and O–H groups in total. The van der Waals surface area contributed by atoms with Crippen molar-refractivity contribution in [3.05, 3.63) is 48.5 Å².